The van der Waals surface area contributed by atoms with Crippen molar-refractivity contribution in [2.75, 3.05) is 31.5 Å². The first-order valence-electron chi connectivity index (χ1n) is 11.1. The molecule has 1 aliphatic carbocycles. The summed E-state index contributed by atoms with van der Waals surface area (Å²) in [6.07, 6.45) is 6.70. The summed E-state index contributed by atoms with van der Waals surface area (Å²) in [5.74, 6) is 0.468. The molecule has 1 aromatic heterocycles. The number of quaternary nitrogens is 1. The van der Waals surface area contributed by atoms with Gasteiger partial charge in [0.15, 0.2) is 11.3 Å². The predicted octanol–water partition coefficient (Wildman–Crippen LogP) is 2.58. The number of para-hydroxylation sites is 1. The Morgan fingerprint density at radius 1 is 1.00 bits per heavy atom. The van der Waals surface area contributed by atoms with Crippen LogP contribution in [0.15, 0.2) is 41.0 Å². The highest BCUT2D eigenvalue weighted by Gasteiger charge is 2.50. The molecule has 2 aromatic rings. The fourth-order valence-corrected chi connectivity index (χ4v) is 5.16. The van der Waals surface area contributed by atoms with Crippen LogP contribution in [0.5, 0.6) is 0 Å². The van der Waals surface area contributed by atoms with Crippen LogP contribution in [0.1, 0.15) is 53.8 Å². The van der Waals surface area contributed by atoms with Crippen LogP contribution in [-0.4, -0.2) is 48.4 Å². The van der Waals surface area contributed by atoms with Gasteiger partial charge in [-0.05, 0) is 49.9 Å². The number of furan rings is 1. The van der Waals surface area contributed by atoms with Crippen LogP contribution in [0.3, 0.4) is 0 Å². The number of carbonyl (C=O) groups excluding carboxylic acids is 2. The summed E-state index contributed by atoms with van der Waals surface area (Å²) in [5.41, 5.74) is 2.72. The molecule has 0 spiro atoms. The second-order valence-corrected chi connectivity index (χ2v) is 8.74. The Labute approximate surface area is 178 Å². The maximum absolute atomic E-state index is 13.7. The maximum Gasteiger partial charge on any atom is 0.289 e. The lowest BCUT2D eigenvalue weighted by Crippen LogP contribution is -3.24. The molecule has 2 heterocycles. The highest BCUT2D eigenvalue weighted by molar-refractivity contribution is 5.98. The van der Waals surface area contributed by atoms with Gasteiger partial charge in [0.25, 0.3) is 11.8 Å². The first kappa shape index (κ1) is 20.7. The molecule has 2 fully saturated rings. The number of carbonyl (C=O) groups is 2. The third-order valence-corrected chi connectivity index (χ3v) is 6.92. The van der Waals surface area contributed by atoms with Crippen molar-refractivity contribution in [3.63, 3.8) is 0 Å². The molecular formula is C24H32N3O3+. The molecule has 6 heteroatoms. The molecule has 30 heavy (non-hydrogen) atoms. The Morgan fingerprint density at radius 2 is 1.67 bits per heavy atom. The second-order valence-electron chi connectivity index (χ2n) is 8.74. The number of anilines is 1. The van der Waals surface area contributed by atoms with Crippen LogP contribution in [0.2, 0.25) is 0 Å². The van der Waals surface area contributed by atoms with Gasteiger partial charge in [-0.15, -0.1) is 0 Å². The van der Waals surface area contributed by atoms with E-state index in [0.29, 0.717) is 18.8 Å². The zero-order valence-electron chi connectivity index (χ0n) is 18.0. The zero-order chi connectivity index (χ0) is 21.1. The van der Waals surface area contributed by atoms with Gasteiger partial charge in [0, 0.05) is 18.5 Å². The fraction of sp³-hybridized carbons (Fsp3) is 0.500. The van der Waals surface area contributed by atoms with Gasteiger partial charge in [-0.2, -0.15) is 0 Å². The minimum atomic E-state index is -0.410. The molecule has 6 nitrogen and oxygen atoms in total. The number of aryl methyl sites for hydroxylation is 2. The van der Waals surface area contributed by atoms with E-state index in [0.717, 1.165) is 55.6 Å². The quantitative estimate of drug-likeness (QED) is 0.814. The minimum absolute atomic E-state index is 0.0586. The first-order valence-corrected chi connectivity index (χ1v) is 11.1. The van der Waals surface area contributed by atoms with Crippen molar-refractivity contribution >= 4 is 17.5 Å². The van der Waals surface area contributed by atoms with E-state index >= 15 is 0 Å². The van der Waals surface area contributed by atoms with E-state index in [-0.39, 0.29) is 11.8 Å². The Morgan fingerprint density at radius 3 is 2.27 bits per heavy atom. The fourth-order valence-electron chi connectivity index (χ4n) is 5.16. The predicted molar refractivity (Wildman–Crippen MR) is 116 cm³/mol. The lowest BCUT2D eigenvalue weighted by molar-refractivity contribution is -0.947. The van der Waals surface area contributed by atoms with Gasteiger partial charge in [0.2, 0.25) is 0 Å². The Kier molecular flexibility index (Phi) is 5.95. The van der Waals surface area contributed by atoms with Gasteiger partial charge in [-0.1, -0.05) is 24.6 Å². The summed E-state index contributed by atoms with van der Waals surface area (Å²) < 4.78 is 5.28. The van der Waals surface area contributed by atoms with Crippen molar-refractivity contribution in [3.05, 3.63) is 53.5 Å². The average molecular weight is 411 g/mol. The lowest BCUT2D eigenvalue weighted by atomic mass is 9.78. The average Bonchev–Trinajstić information content (AvgIpc) is 3.31. The zero-order valence-corrected chi connectivity index (χ0v) is 18.0. The monoisotopic (exact) mass is 410 g/mol. The van der Waals surface area contributed by atoms with E-state index in [2.05, 4.69) is 5.32 Å². The van der Waals surface area contributed by atoms with Gasteiger partial charge in [0.1, 0.15) is 0 Å². The number of rotatable bonds is 4. The van der Waals surface area contributed by atoms with Crippen molar-refractivity contribution < 1.29 is 18.9 Å². The van der Waals surface area contributed by atoms with Crippen molar-refractivity contribution in [3.8, 4) is 0 Å². The summed E-state index contributed by atoms with van der Waals surface area (Å²) >= 11 is 0. The minimum Gasteiger partial charge on any atom is -0.459 e. The van der Waals surface area contributed by atoms with E-state index in [1.807, 2.05) is 36.9 Å². The maximum atomic E-state index is 13.7. The summed E-state index contributed by atoms with van der Waals surface area (Å²) in [6.45, 7) is 6.95. The molecule has 4 rings (SSSR count). The Balaban J connectivity index is 1.50. The van der Waals surface area contributed by atoms with Gasteiger partial charge < -0.3 is 19.5 Å². The van der Waals surface area contributed by atoms with E-state index in [1.165, 1.54) is 17.6 Å². The summed E-state index contributed by atoms with van der Waals surface area (Å²) in [4.78, 5) is 29.4. The lowest BCUT2D eigenvalue weighted by Gasteiger charge is -2.45. The summed E-state index contributed by atoms with van der Waals surface area (Å²) in [6, 6.07) is 9.56. The Bertz CT molecular complexity index is 872. The number of nitrogens with one attached hydrogen (secondary N) is 2. The van der Waals surface area contributed by atoms with Gasteiger partial charge in [-0.25, -0.2) is 0 Å². The molecule has 2 amide bonds. The summed E-state index contributed by atoms with van der Waals surface area (Å²) in [5, 5.41) is 3.29. The third kappa shape index (κ3) is 3.88. The summed E-state index contributed by atoms with van der Waals surface area (Å²) in [7, 11) is 0. The molecule has 160 valence electrons. The number of amides is 2. The third-order valence-electron chi connectivity index (χ3n) is 6.92. The molecule has 2 aliphatic rings. The Hall–Kier alpha value is -2.60. The molecule has 1 aromatic carbocycles. The van der Waals surface area contributed by atoms with Crippen LogP contribution in [0, 0.1) is 13.8 Å². The van der Waals surface area contributed by atoms with Crippen LogP contribution < -0.4 is 10.2 Å². The first-order chi connectivity index (χ1) is 14.5. The largest absolute Gasteiger partial charge is 0.459 e. The van der Waals surface area contributed by atoms with E-state index in [1.54, 1.807) is 12.1 Å². The van der Waals surface area contributed by atoms with E-state index < -0.39 is 5.54 Å². The molecule has 0 radical (unpaired) electrons. The normalized spacial score (nSPS) is 19.5. The molecule has 1 aliphatic heterocycles. The molecule has 0 atom stereocenters. The molecule has 1 saturated carbocycles. The highest BCUT2D eigenvalue weighted by Crippen LogP contribution is 2.29. The van der Waals surface area contributed by atoms with E-state index in [9.17, 15) is 9.59 Å². The second kappa shape index (κ2) is 8.64. The van der Waals surface area contributed by atoms with Gasteiger partial charge in [-0.3, -0.25) is 9.59 Å². The SMILES string of the molecule is Cc1cccc(C)c1NC(=O)C1([NH+]2CCN(C(=O)c3ccco3)CC2)CCCCC1. The van der Waals surface area contributed by atoms with Gasteiger partial charge in [0.05, 0.1) is 32.4 Å². The molecule has 0 unspecified atom stereocenters. The number of hydrogen-bond acceptors (Lipinski definition) is 3. The van der Waals surface area contributed by atoms with Crippen LogP contribution >= 0.6 is 0 Å². The van der Waals surface area contributed by atoms with Crippen molar-refractivity contribution in [2.45, 2.75) is 51.5 Å². The standard InChI is InChI=1S/C24H31N3O3/c1-18-8-6-9-19(2)21(18)25-23(29)24(11-4-3-5-12-24)27-15-13-26(14-16-27)22(28)20-10-7-17-30-20/h6-10,17H,3-5,11-16H2,1-2H3,(H,25,29)/p+1. The topological polar surface area (TPSA) is 67.0 Å². The molecule has 2 N–H and O–H groups in total. The van der Waals surface area contributed by atoms with E-state index in [4.69, 9.17) is 4.42 Å². The molecular weight excluding hydrogens is 378 g/mol. The number of hydrogen-bond donors (Lipinski definition) is 2. The molecule has 1 saturated heterocycles. The van der Waals surface area contributed by atoms with Crippen molar-refractivity contribution in [2.24, 2.45) is 0 Å². The number of benzene rings is 1. The molecule has 0 bridgehead atoms. The van der Waals surface area contributed by atoms with Crippen molar-refractivity contribution in [1.29, 1.82) is 0 Å². The smallest absolute Gasteiger partial charge is 0.289 e. The van der Waals surface area contributed by atoms with Crippen LogP contribution in [0.4, 0.5) is 5.69 Å². The highest BCUT2D eigenvalue weighted by atomic mass is 16.3. The van der Waals surface area contributed by atoms with Gasteiger partial charge >= 0.3 is 0 Å². The number of nitrogens with zero attached hydrogens (tertiary/aromatic N) is 1. The number of piperazine rings is 1. The van der Waals surface area contributed by atoms with Crippen LogP contribution in [-0.2, 0) is 4.79 Å². The van der Waals surface area contributed by atoms with Crippen molar-refractivity contribution in [1.82, 2.24) is 4.90 Å². The van der Waals surface area contributed by atoms with Crippen LogP contribution in [0.25, 0.3) is 0 Å².